The molecular formula is C23H21Cl5N2O3. The lowest BCUT2D eigenvalue weighted by molar-refractivity contribution is -0.117. The Balaban J connectivity index is 1.38. The smallest absolute Gasteiger partial charge is 0.252 e. The molecule has 2 N–H and O–H groups in total. The fraction of sp³-hybridized carbons (Fsp3) is 0.391. The Morgan fingerprint density at radius 1 is 1.03 bits per heavy atom. The molecule has 2 aliphatic carbocycles. The zero-order valence-corrected chi connectivity index (χ0v) is 21.1. The Labute approximate surface area is 217 Å². The van der Waals surface area contributed by atoms with Crippen molar-refractivity contribution in [3.05, 3.63) is 62.6 Å². The number of alkyl halides is 2. The van der Waals surface area contributed by atoms with Crippen LogP contribution >= 0.6 is 58.0 Å². The first-order valence-corrected chi connectivity index (χ1v) is 12.4. The molecular weight excluding hydrogens is 530 g/mol. The third kappa shape index (κ3) is 6.08. The summed E-state index contributed by atoms with van der Waals surface area (Å²) in [6.07, 6.45) is 2.42. The number of hydrogen-bond acceptors (Lipinski definition) is 3. The van der Waals surface area contributed by atoms with E-state index >= 15 is 0 Å². The summed E-state index contributed by atoms with van der Waals surface area (Å²) in [6, 6.07) is 9.62. The summed E-state index contributed by atoms with van der Waals surface area (Å²) < 4.78 is 4.22. The Hall–Kier alpha value is -1.21. The summed E-state index contributed by atoms with van der Waals surface area (Å²) in [5, 5.41) is 6.67. The molecule has 2 atom stereocenters. The van der Waals surface area contributed by atoms with Crippen molar-refractivity contribution in [2.24, 2.45) is 11.8 Å². The van der Waals surface area contributed by atoms with Gasteiger partial charge in [-0.25, -0.2) is 0 Å². The number of nitrogens with one attached hydrogen (secondary N) is 2. The predicted octanol–water partition coefficient (Wildman–Crippen LogP) is 6.33. The summed E-state index contributed by atoms with van der Waals surface area (Å²) >= 11 is 31.2. The second kappa shape index (κ2) is 10.2. The van der Waals surface area contributed by atoms with Crippen LogP contribution in [0.15, 0.2) is 36.4 Å². The first kappa shape index (κ1) is 24.9. The summed E-state index contributed by atoms with van der Waals surface area (Å²) in [4.78, 5) is 25.5. The normalized spacial score (nSPS) is 20.9. The minimum Gasteiger partial charge on any atom is -0.379 e. The molecule has 10 heteroatoms. The van der Waals surface area contributed by atoms with Gasteiger partial charge in [0.2, 0.25) is 5.91 Å². The Kier molecular flexibility index (Phi) is 7.69. The van der Waals surface area contributed by atoms with Crippen LogP contribution in [0, 0.1) is 11.8 Å². The van der Waals surface area contributed by atoms with Crippen LogP contribution in [0.1, 0.15) is 34.7 Å². The van der Waals surface area contributed by atoms with Gasteiger partial charge in [0.05, 0.1) is 23.1 Å². The third-order valence-corrected chi connectivity index (χ3v) is 7.35. The standard InChI is InChI=1S/C23H21Cl5N2O3/c24-14-7-13(8-15(25)9-14)19-20(23(19,27)28)22(32)30-16-3-4-18(26)17(10-16)21(31)29-5-6-33-11-12-1-2-12/h3-4,7-10,12,19-20H,1-2,5-6,11H2,(H,29,31)(H,30,32)/t19-,20+/m0/s1. The second-order valence-electron chi connectivity index (χ2n) is 8.29. The van der Waals surface area contributed by atoms with Crippen molar-refractivity contribution in [3.8, 4) is 0 Å². The van der Waals surface area contributed by atoms with Crippen LogP contribution in [0.25, 0.3) is 0 Å². The molecule has 0 saturated heterocycles. The maximum absolute atomic E-state index is 12.9. The summed E-state index contributed by atoms with van der Waals surface area (Å²) in [5.41, 5.74) is 1.32. The van der Waals surface area contributed by atoms with Crippen molar-refractivity contribution in [1.82, 2.24) is 5.32 Å². The van der Waals surface area contributed by atoms with Crippen molar-refractivity contribution in [2.75, 3.05) is 25.1 Å². The van der Waals surface area contributed by atoms with Crippen LogP contribution in [0.3, 0.4) is 0 Å². The van der Waals surface area contributed by atoms with Gasteiger partial charge in [0, 0.05) is 34.8 Å². The van der Waals surface area contributed by atoms with E-state index in [0.29, 0.717) is 40.4 Å². The minimum atomic E-state index is -1.30. The summed E-state index contributed by atoms with van der Waals surface area (Å²) in [5.74, 6) is -1.26. The van der Waals surface area contributed by atoms with Gasteiger partial charge in [-0.15, -0.1) is 23.2 Å². The molecule has 0 radical (unpaired) electrons. The molecule has 0 aliphatic heterocycles. The fourth-order valence-electron chi connectivity index (χ4n) is 3.69. The molecule has 2 fully saturated rings. The minimum absolute atomic E-state index is 0.244. The van der Waals surface area contributed by atoms with Crippen molar-refractivity contribution >= 4 is 75.5 Å². The first-order valence-electron chi connectivity index (χ1n) is 10.5. The number of rotatable bonds is 9. The molecule has 33 heavy (non-hydrogen) atoms. The number of amides is 2. The molecule has 5 nitrogen and oxygen atoms in total. The largest absolute Gasteiger partial charge is 0.379 e. The molecule has 0 unspecified atom stereocenters. The lowest BCUT2D eigenvalue weighted by Gasteiger charge is -2.10. The molecule has 0 spiro atoms. The predicted molar refractivity (Wildman–Crippen MR) is 133 cm³/mol. The zero-order valence-electron chi connectivity index (χ0n) is 17.3. The second-order valence-corrected chi connectivity index (χ2v) is 11.0. The molecule has 2 aliphatic rings. The average molecular weight is 551 g/mol. The van der Waals surface area contributed by atoms with Crippen molar-refractivity contribution < 1.29 is 14.3 Å². The van der Waals surface area contributed by atoms with Crippen molar-refractivity contribution in [3.63, 3.8) is 0 Å². The van der Waals surface area contributed by atoms with E-state index in [4.69, 9.17) is 62.7 Å². The Morgan fingerprint density at radius 2 is 1.73 bits per heavy atom. The van der Waals surface area contributed by atoms with E-state index in [1.165, 1.54) is 18.9 Å². The molecule has 4 rings (SSSR count). The monoisotopic (exact) mass is 548 g/mol. The fourth-order valence-corrected chi connectivity index (χ4v) is 5.26. The van der Waals surface area contributed by atoms with E-state index < -0.39 is 16.2 Å². The van der Waals surface area contributed by atoms with Gasteiger partial charge in [-0.2, -0.15) is 0 Å². The van der Waals surface area contributed by atoms with Gasteiger partial charge in [-0.1, -0.05) is 34.8 Å². The van der Waals surface area contributed by atoms with E-state index in [9.17, 15) is 9.59 Å². The number of ether oxygens (including phenoxy) is 1. The van der Waals surface area contributed by atoms with Gasteiger partial charge in [0.1, 0.15) is 4.33 Å². The van der Waals surface area contributed by atoms with Crippen LogP contribution in [0.4, 0.5) is 5.69 Å². The van der Waals surface area contributed by atoms with Gasteiger partial charge >= 0.3 is 0 Å². The number of halogens is 5. The van der Waals surface area contributed by atoms with Crippen LogP contribution in [0.2, 0.25) is 15.1 Å². The number of hydrogen-bond donors (Lipinski definition) is 2. The maximum Gasteiger partial charge on any atom is 0.252 e. The lowest BCUT2D eigenvalue weighted by atomic mass is 10.1. The highest BCUT2D eigenvalue weighted by Crippen LogP contribution is 2.65. The van der Waals surface area contributed by atoms with Gasteiger partial charge < -0.3 is 15.4 Å². The van der Waals surface area contributed by atoms with E-state index in [1.807, 2.05) is 0 Å². The highest BCUT2D eigenvalue weighted by atomic mass is 35.5. The number of anilines is 1. The topological polar surface area (TPSA) is 67.4 Å². The third-order valence-electron chi connectivity index (χ3n) is 5.64. The molecule has 2 saturated carbocycles. The molecule has 176 valence electrons. The zero-order chi connectivity index (χ0) is 23.8. The van der Waals surface area contributed by atoms with Gasteiger partial charge in [-0.05, 0) is 60.7 Å². The van der Waals surface area contributed by atoms with E-state index in [1.54, 1.807) is 30.3 Å². The van der Waals surface area contributed by atoms with Crippen molar-refractivity contribution in [1.29, 1.82) is 0 Å². The molecule has 2 aromatic rings. The average Bonchev–Trinajstić information content (AvgIpc) is 3.64. The highest BCUT2D eigenvalue weighted by molar-refractivity contribution is 6.53. The lowest BCUT2D eigenvalue weighted by Crippen LogP contribution is -2.28. The van der Waals surface area contributed by atoms with E-state index in [2.05, 4.69) is 10.6 Å². The maximum atomic E-state index is 12.9. The van der Waals surface area contributed by atoms with Crippen LogP contribution in [0.5, 0.6) is 0 Å². The molecule has 0 heterocycles. The molecule has 2 amide bonds. The summed E-state index contributed by atoms with van der Waals surface area (Å²) in [7, 11) is 0. The first-order chi connectivity index (χ1) is 15.7. The number of carbonyl (C=O) groups is 2. The molecule has 0 aromatic heterocycles. The highest BCUT2D eigenvalue weighted by Gasteiger charge is 2.67. The Bertz CT molecular complexity index is 1050. The number of carbonyl (C=O) groups excluding carboxylic acids is 2. The Morgan fingerprint density at radius 3 is 2.39 bits per heavy atom. The van der Waals surface area contributed by atoms with Crippen molar-refractivity contribution in [2.45, 2.75) is 23.1 Å². The summed E-state index contributed by atoms with van der Waals surface area (Å²) in [6.45, 7) is 1.52. The SMILES string of the molecule is O=C(NCCOCC1CC1)c1cc(NC(=O)[C@H]2[C@H](c3cc(Cl)cc(Cl)c3)C2(Cl)Cl)ccc1Cl. The molecule has 0 bridgehead atoms. The van der Waals surface area contributed by atoms with Gasteiger partial charge in [0.15, 0.2) is 0 Å². The van der Waals surface area contributed by atoms with Crippen LogP contribution in [-0.2, 0) is 9.53 Å². The number of benzene rings is 2. The van der Waals surface area contributed by atoms with Gasteiger partial charge in [0.25, 0.3) is 5.91 Å². The van der Waals surface area contributed by atoms with E-state index in [-0.39, 0.29) is 22.4 Å². The molecule has 2 aromatic carbocycles. The van der Waals surface area contributed by atoms with Crippen LogP contribution < -0.4 is 10.6 Å². The van der Waals surface area contributed by atoms with Gasteiger partial charge in [-0.3, -0.25) is 9.59 Å². The van der Waals surface area contributed by atoms with E-state index in [0.717, 1.165) is 6.61 Å². The van der Waals surface area contributed by atoms with Crippen LogP contribution in [-0.4, -0.2) is 35.9 Å². The quantitative estimate of drug-likeness (QED) is 0.283.